The lowest BCUT2D eigenvalue weighted by molar-refractivity contribution is -0.0571. The molecule has 0 amide bonds. The quantitative estimate of drug-likeness (QED) is 0.745. The lowest BCUT2D eigenvalue weighted by Crippen LogP contribution is -2.46. The van der Waals surface area contributed by atoms with Crippen molar-refractivity contribution in [3.8, 4) is 17.1 Å². The van der Waals surface area contributed by atoms with Crippen molar-refractivity contribution in [1.82, 2.24) is 9.97 Å². The number of carboxylic acid groups (broad SMARTS) is 1. The zero-order valence-corrected chi connectivity index (χ0v) is 16.4. The molecule has 5 heteroatoms. The molecular weight excluding hydrogens is 352 g/mol. The molecule has 5 nitrogen and oxygen atoms in total. The third-order valence-corrected chi connectivity index (χ3v) is 7.41. The van der Waals surface area contributed by atoms with E-state index in [4.69, 9.17) is 4.74 Å². The monoisotopic (exact) mass is 380 g/mol. The van der Waals surface area contributed by atoms with Crippen LogP contribution in [-0.4, -0.2) is 28.2 Å². The Morgan fingerprint density at radius 2 is 1.82 bits per heavy atom. The highest BCUT2D eigenvalue weighted by Gasteiger charge is 2.50. The fourth-order valence-corrected chi connectivity index (χ4v) is 6.72. The second-order valence-corrected chi connectivity index (χ2v) is 9.34. The second-order valence-electron chi connectivity index (χ2n) is 9.34. The normalized spacial score (nSPS) is 30.5. The van der Waals surface area contributed by atoms with E-state index in [0.717, 1.165) is 41.9 Å². The van der Waals surface area contributed by atoms with Crippen molar-refractivity contribution in [1.29, 1.82) is 0 Å². The zero-order chi connectivity index (χ0) is 19.3. The summed E-state index contributed by atoms with van der Waals surface area (Å²) in [5, 5.41) is 9.70. The van der Waals surface area contributed by atoms with Crippen molar-refractivity contribution < 1.29 is 14.6 Å². The van der Waals surface area contributed by atoms with Crippen molar-refractivity contribution in [2.75, 3.05) is 7.11 Å². The highest BCUT2D eigenvalue weighted by Crippen LogP contribution is 2.61. The number of carbonyl (C=O) groups is 1. The molecule has 148 valence electrons. The number of aryl methyl sites for hydroxylation is 1. The molecule has 4 bridgehead atoms. The van der Waals surface area contributed by atoms with Crippen LogP contribution >= 0.6 is 0 Å². The molecule has 4 aliphatic carbocycles. The average Bonchev–Trinajstić information content (AvgIpc) is 3.10. The van der Waals surface area contributed by atoms with Crippen molar-refractivity contribution in [2.45, 2.75) is 51.4 Å². The molecule has 0 spiro atoms. The van der Waals surface area contributed by atoms with Crippen molar-refractivity contribution in [3.05, 3.63) is 35.7 Å². The van der Waals surface area contributed by atoms with Crippen LogP contribution in [0.5, 0.6) is 5.75 Å². The second kappa shape index (κ2) is 6.64. The average molecular weight is 380 g/mol. The predicted octanol–water partition coefficient (Wildman–Crippen LogP) is 4.93. The van der Waals surface area contributed by atoms with Gasteiger partial charge in [-0.25, -0.2) is 9.78 Å². The molecule has 0 unspecified atom stereocenters. The van der Waals surface area contributed by atoms with Gasteiger partial charge in [-0.1, -0.05) is 12.1 Å². The molecule has 2 aromatic rings. The lowest BCUT2D eigenvalue weighted by Gasteiger charge is -2.57. The van der Waals surface area contributed by atoms with Crippen molar-refractivity contribution >= 4 is 5.97 Å². The van der Waals surface area contributed by atoms with Crippen LogP contribution in [0.4, 0.5) is 0 Å². The molecular formula is C23H28N2O3. The number of carboxylic acids is 1. The van der Waals surface area contributed by atoms with Crippen LogP contribution in [0, 0.1) is 23.2 Å². The first-order valence-electron chi connectivity index (χ1n) is 10.5. The van der Waals surface area contributed by atoms with E-state index in [1.54, 1.807) is 7.11 Å². The minimum Gasteiger partial charge on any atom is -0.496 e. The number of H-pyrrole nitrogens is 1. The Morgan fingerprint density at radius 1 is 1.18 bits per heavy atom. The topological polar surface area (TPSA) is 75.2 Å². The van der Waals surface area contributed by atoms with Crippen LogP contribution in [0.15, 0.2) is 24.3 Å². The molecule has 4 saturated carbocycles. The summed E-state index contributed by atoms with van der Waals surface area (Å²) >= 11 is 0. The maximum Gasteiger partial charge on any atom is 0.356 e. The molecule has 28 heavy (non-hydrogen) atoms. The van der Waals surface area contributed by atoms with Gasteiger partial charge in [0.15, 0.2) is 5.69 Å². The van der Waals surface area contributed by atoms with E-state index in [1.807, 2.05) is 24.3 Å². The minimum absolute atomic E-state index is 0.158. The largest absolute Gasteiger partial charge is 0.496 e. The summed E-state index contributed by atoms with van der Waals surface area (Å²) in [7, 11) is 1.62. The molecule has 0 radical (unpaired) electrons. The molecule has 2 N–H and O–H groups in total. The van der Waals surface area contributed by atoms with Crippen LogP contribution in [-0.2, 0) is 6.42 Å². The van der Waals surface area contributed by atoms with E-state index in [1.165, 1.54) is 38.5 Å². The predicted molar refractivity (Wildman–Crippen MR) is 106 cm³/mol. The number of imidazole rings is 1. The van der Waals surface area contributed by atoms with E-state index in [2.05, 4.69) is 9.97 Å². The molecule has 6 rings (SSSR count). The van der Waals surface area contributed by atoms with E-state index in [0.29, 0.717) is 17.0 Å². The molecule has 0 aliphatic heterocycles. The van der Waals surface area contributed by atoms with Gasteiger partial charge in [-0.2, -0.15) is 0 Å². The van der Waals surface area contributed by atoms with Gasteiger partial charge in [-0.05, 0) is 86.7 Å². The summed E-state index contributed by atoms with van der Waals surface area (Å²) in [5.41, 5.74) is 2.14. The number of nitrogens with zero attached hydrogens (tertiary/aromatic N) is 1. The molecule has 4 fully saturated rings. The smallest absolute Gasteiger partial charge is 0.356 e. The van der Waals surface area contributed by atoms with Gasteiger partial charge in [0.05, 0.1) is 12.7 Å². The highest BCUT2D eigenvalue weighted by molar-refractivity contribution is 5.88. The number of aromatic amines is 1. The Balaban J connectivity index is 1.41. The van der Waals surface area contributed by atoms with E-state index < -0.39 is 5.97 Å². The van der Waals surface area contributed by atoms with Gasteiger partial charge >= 0.3 is 5.97 Å². The number of aromatic carboxylic acids is 1. The third kappa shape index (κ3) is 3.01. The molecule has 4 aliphatic rings. The Hall–Kier alpha value is -2.30. The minimum atomic E-state index is -0.960. The summed E-state index contributed by atoms with van der Waals surface area (Å²) in [6.45, 7) is 0. The molecule has 1 heterocycles. The number of methoxy groups -OCH3 is 1. The number of ether oxygens (including phenoxy) is 1. The number of hydrogen-bond donors (Lipinski definition) is 2. The highest BCUT2D eigenvalue weighted by atomic mass is 16.5. The van der Waals surface area contributed by atoms with Crippen molar-refractivity contribution in [3.63, 3.8) is 0 Å². The summed E-state index contributed by atoms with van der Waals surface area (Å²) in [5.74, 6) is 3.05. The first-order valence-corrected chi connectivity index (χ1v) is 10.5. The van der Waals surface area contributed by atoms with Crippen LogP contribution in [0.25, 0.3) is 11.4 Å². The Labute approximate surface area is 165 Å². The van der Waals surface area contributed by atoms with Gasteiger partial charge in [0.2, 0.25) is 0 Å². The fraction of sp³-hybridized carbons (Fsp3) is 0.565. The number of para-hydroxylation sites is 1. The van der Waals surface area contributed by atoms with Gasteiger partial charge in [-0.15, -0.1) is 0 Å². The number of benzene rings is 1. The number of nitrogens with one attached hydrogen (secondary N) is 1. The van der Waals surface area contributed by atoms with Gasteiger partial charge < -0.3 is 14.8 Å². The van der Waals surface area contributed by atoms with Crippen LogP contribution < -0.4 is 4.74 Å². The Morgan fingerprint density at radius 3 is 2.43 bits per heavy atom. The van der Waals surface area contributed by atoms with Crippen LogP contribution in [0.2, 0.25) is 0 Å². The number of rotatable bonds is 6. The molecule has 0 atom stereocenters. The van der Waals surface area contributed by atoms with E-state index in [9.17, 15) is 9.90 Å². The van der Waals surface area contributed by atoms with E-state index in [-0.39, 0.29) is 5.69 Å². The zero-order valence-electron chi connectivity index (χ0n) is 16.4. The van der Waals surface area contributed by atoms with Crippen LogP contribution in [0.1, 0.15) is 61.1 Å². The fourth-order valence-electron chi connectivity index (χ4n) is 6.72. The van der Waals surface area contributed by atoms with Gasteiger partial charge in [0.25, 0.3) is 0 Å². The van der Waals surface area contributed by atoms with Gasteiger partial charge in [0, 0.05) is 5.69 Å². The maximum atomic E-state index is 11.8. The third-order valence-electron chi connectivity index (χ3n) is 7.41. The van der Waals surface area contributed by atoms with E-state index >= 15 is 0 Å². The van der Waals surface area contributed by atoms with Crippen molar-refractivity contribution in [2.24, 2.45) is 23.2 Å². The number of hydrogen-bond acceptors (Lipinski definition) is 3. The van der Waals surface area contributed by atoms with Gasteiger partial charge in [0.1, 0.15) is 11.6 Å². The molecule has 1 aromatic carbocycles. The van der Waals surface area contributed by atoms with Gasteiger partial charge in [-0.3, -0.25) is 0 Å². The Bertz CT molecular complexity index is 866. The molecule has 1 aromatic heterocycles. The summed E-state index contributed by atoms with van der Waals surface area (Å²) in [4.78, 5) is 19.6. The maximum absolute atomic E-state index is 11.8. The first kappa shape index (κ1) is 17.8. The summed E-state index contributed by atoms with van der Waals surface area (Å²) < 4.78 is 5.43. The number of aromatic nitrogens is 2. The first-order chi connectivity index (χ1) is 13.5. The molecule has 0 saturated heterocycles. The SMILES string of the molecule is COc1ccccc1-c1nc(C(=O)O)c(CCC23CC4CC(CC(C4)C2)C3)[nH]1. The standard InChI is InChI=1S/C23H28N2O3/c1-28-19-5-3-2-4-17(19)21-24-18(20(25-21)22(26)27)6-7-23-11-14-8-15(12-23)10-16(9-14)13-23/h2-5,14-16H,6-13H2,1H3,(H,24,25)(H,26,27). The summed E-state index contributed by atoms with van der Waals surface area (Å²) in [6.07, 6.45) is 10.2. The lowest BCUT2D eigenvalue weighted by atomic mass is 9.48. The summed E-state index contributed by atoms with van der Waals surface area (Å²) in [6, 6.07) is 7.59. The van der Waals surface area contributed by atoms with Crippen LogP contribution in [0.3, 0.4) is 0 Å². The Kier molecular flexibility index (Phi) is 4.22.